The number of ether oxygens (including phenoxy) is 1. The molecule has 4 heterocycles. The molecule has 38 heavy (non-hydrogen) atoms. The molecule has 2 bridgehead atoms. The zero-order valence-corrected chi connectivity index (χ0v) is 21.7. The first kappa shape index (κ1) is 26.6. The first-order valence-corrected chi connectivity index (χ1v) is 13.2. The van der Waals surface area contributed by atoms with E-state index in [1.54, 1.807) is 16.5 Å². The summed E-state index contributed by atoms with van der Waals surface area (Å²) in [7, 11) is 1.20. The fraction of sp³-hybridized carbons (Fsp3) is 0.440. The number of rotatable bonds is 7. The number of halogens is 4. The summed E-state index contributed by atoms with van der Waals surface area (Å²) in [5.74, 6) is -5.38. The third kappa shape index (κ3) is 5.04. The number of carboxylic acid groups (broad SMARTS) is 1. The number of carbonyl (C=O) groups excluding carboxylic acids is 1. The summed E-state index contributed by atoms with van der Waals surface area (Å²) in [6.45, 7) is -0.0607. The zero-order valence-electron chi connectivity index (χ0n) is 20.2. The summed E-state index contributed by atoms with van der Waals surface area (Å²) >= 11 is 7.66. The number of thiazole rings is 1. The fourth-order valence-corrected chi connectivity index (χ4v) is 6.55. The second-order valence-corrected chi connectivity index (χ2v) is 10.9. The van der Waals surface area contributed by atoms with Crippen molar-refractivity contribution in [2.24, 2.45) is 10.9 Å². The van der Waals surface area contributed by atoms with Gasteiger partial charge in [0, 0.05) is 53.3 Å². The third-order valence-corrected chi connectivity index (χ3v) is 8.36. The van der Waals surface area contributed by atoms with E-state index in [2.05, 4.69) is 15.3 Å². The van der Waals surface area contributed by atoms with Gasteiger partial charge in [0.2, 0.25) is 0 Å². The number of hydrogen-bond acceptors (Lipinski definition) is 8. The first-order valence-electron chi connectivity index (χ1n) is 11.9. The van der Waals surface area contributed by atoms with E-state index in [-0.39, 0.29) is 35.9 Å². The maximum absolute atomic E-state index is 15.1. The lowest BCUT2D eigenvalue weighted by atomic mass is 9.87. The Balaban J connectivity index is 1.57. The topological polar surface area (TPSA) is 104 Å². The number of nitrogens with one attached hydrogen (secondary N) is 1. The first-order chi connectivity index (χ1) is 18.1. The number of piperidine rings is 1. The highest BCUT2D eigenvalue weighted by atomic mass is 35.5. The predicted molar refractivity (Wildman–Crippen MR) is 134 cm³/mol. The SMILES string of the molecule is COC(=O)C1=C(CN2C3CC(CC(=O)O)CC2C(F)(F)C3)NC(c2nccs2)=NC1c1ccc(F)cc1Cl. The van der Waals surface area contributed by atoms with Crippen LogP contribution in [0.1, 0.15) is 42.3 Å². The van der Waals surface area contributed by atoms with E-state index < -0.39 is 48.2 Å². The van der Waals surface area contributed by atoms with Crippen LogP contribution >= 0.6 is 22.9 Å². The highest BCUT2D eigenvalue weighted by Crippen LogP contribution is 2.49. The Kier molecular flexibility index (Phi) is 7.23. The van der Waals surface area contributed by atoms with Crippen molar-refractivity contribution in [2.75, 3.05) is 13.7 Å². The molecular formula is C25H24ClF3N4O4S. The van der Waals surface area contributed by atoms with Gasteiger partial charge in [-0.05, 0) is 30.9 Å². The quantitative estimate of drug-likeness (QED) is 0.477. The van der Waals surface area contributed by atoms with Gasteiger partial charge in [0.25, 0.3) is 5.92 Å². The smallest absolute Gasteiger partial charge is 0.338 e. The summed E-state index contributed by atoms with van der Waals surface area (Å²) in [6.07, 6.45) is 1.35. The Morgan fingerprint density at radius 3 is 2.76 bits per heavy atom. The molecule has 3 aliphatic rings. The highest BCUT2D eigenvalue weighted by molar-refractivity contribution is 7.11. The molecule has 4 unspecified atom stereocenters. The number of amidine groups is 1. The van der Waals surface area contributed by atoms with E-state index in [4.69, 9.17) is 16.3 Å². The number of benzene rings is 1. The highest BCUT2D eigenvalue weighted by Gasteiger charge is 2.57. The third-order valence-electron chi connectivity index (χ3n) is 7.25. The number of carbonyl (C=O) groups is 2. The number of hydrogen-bond donors (Lipinski definition) is 2. The van der Waals surface area contributed by atoms with Gasteiger partial charge in [0.05, 0.1) is 18.7 Å². The molecule has 3 aliphatic heterocycles. The Labute approximate surface area is 225 Å². The average Bonchev–Trinajstić information content (AvgIpc) is 3.43. The van der Waals surface area contributed by atoms with E-state index in [9.17, 15) is 19.1 Å². The molecule has 2 fully saturated rings. The summed E-state index contributed by atoms with van der Waals surface area (Å²) in [4.78, 5) is 34.9. The Hall–Kier alpha value is -2.96. The fourth-order valence-electron chi connectivity index (χ4n) is 5.69. The van der Waals surface area contributed by atoms with Crippen molar-refractivity contribution in [1.82, 2.24) is 15.2 Å². The molecule has 5 rings (SSSR count). The van der Waals surface area contributed by atoms with E-state index in [0.29, 0.717) is 28.5 Å². The number of methoxy groups -OCH3 is 1. The molecule has 0 saturated carbocycles. The van der Waals surface area contributed by atoms with Crippen LogP contribution in [0.5, 0.6) is 0 Å². The van der Waals surface area contributed by atoms with E-state index in [0.717, 1.165) is 6.07 Å². The number of aliphatic carboxylic acids is 1. The minimum Gasteiger partial charge on any atom is -0.481 e. The van der Waals surface area contributed by atoms with Gasteiger partial charge in [0.1, 0.15) is 11.9 Å². The van der Waals surface area contributed by atoms with Crippen LogP contribution in [-0.4, -0.2) is 64.4 Å². The lowest BCUT2D eigenvalue weighted by Crippen LogP contribution is -2.50. The van der Waals surface area contributed by atoms with Crippen LogP contribution in [0.15, 0.2) is 46.0 Å². The van der Waals surface area contributed by atoms with E-state index in [1.165, 1.54) is 30.6 Å². The largest absolute Gasteiger partial charge is 0.481 e. The number of aromatic nitrogens is 1. The van der Waals surface area contributed by atoms with Crippen LogP contribution in [-0.2, 0) is 14.3 Å². The number of alkyl halides is 2. The molecule has 13 heteroatoms. The molecular weight excluding hydrogens is 545 g/mol. The van der Waals surface area contributed by atoms with Crippen molar-refractivity contribution < 1.29 is 32.6 Å². The molecule has 8 nitrogen and oxygen atoms in total. The van der Waals surface area contributed by atoms with E-state index in [1.807, 2.05) is 0 Å². The van der Waals surface area contributed by atoms with Crippen molar-refractivity contribution in [3.05, 3.63) is 62.5 Å². The maximum Gasteiger partial charge on any atom is 0.338 e. The molecule has 2 N–H and O–H groups in total. The molecule has 0 amide bonds. The molecule has 4 atom stereocenters. The summed E-state index contributed by atoms with van der Waals surface area (Å²) in [5, 5.41) is 14.6. The Morgan fingerprint density at radius 1 is 1.34 bits per heavy atom. The Bertz CT molecular complexity index is 1320. The minimum atomic E-state index is -3.01. The van der Waals surface area contributed by atoms with Gasteiger partial charge in [0.15, 0.2) is 10.8 Å². The van der Waals surface area contributed by atoms with Crippen molar-refractivity contribution in [2.45, 2.75) is 49.7 Å². The van der Waals surface area contributed by atoms with Crippen molar-refractivity contribution >= 4 is 40.7 Å². The number of fused-ring (bicyclic) bond motifs is 2. The van der Waals surface area contributed by atoms with Crippen molar-refractivity contribution in [1.29, 1.82) is 0 Å². The summed E-state index contributed by atoms with van der Waals surface area (Å²) < 4.78 is 49.0. The van der Waals surface area contributed by atoms with Gasteiger partial charge in [-0.1, -0.05) is 17.7 Å². The lowest BCUT2D eigenvalue weighted by molar-refractivity contribution is -0.139. The van der Waals surface area contributed by atoms with E-state index >= 15 is 8.78 Å². The van der Waals surface area contributed by atoms with Gasteiger partial charge >= 0.3 is 11.9 Å². The van der Waals surface area contributed by atoms with Crippen LogP contribution in [0.2, 0.25) is 5.02 Å². The van der Waals surface area contributed by atoms with Gasteiger partial charge in [-0.2, -0.15) is 0 Å². The molecule has 1 aromatic carbocycles. The number of esters is 1. The van der Waals surface area contributed by atoms with Crippen LogP contribution in [0.3, 0.4) is 0 Å². The van der Waals surface area contributed by atoms with Gasteiger partial charge in [-0.15, -0.1) is 11.3 Å². The van der Waals surface area contributed by atoms with Crippen molar-refractivity contribution in [3.8, 4) is 0 Å². The molecule has 2 saturated heterocycles. The van der Waals surface area contributed by atoms with Crippen LogP contribution in [0, 0.1) is 11.7 Å². The van der Waals surface area contributed by atoms with Gasteiger partial charge < -0.3 is 15.2 Å². The average molecular weight is 569 g/mol. The Morgan fingerprint density at radius 2 is 2.13 bits per heavy atom. The molecule has 0 aliphatic carbocycles. The number of nitrogens with zero attached hydrogens (tertiary/aromatic N) is 3. The van der Waals surface area contributed by atoms with Gasteiger partial charge in [-0.25, -0.2) is 22.9 Å². The number of carboxylic acids is 1. The van der Waals surface area contributed by atoms with Gasteiger partial charge in [-0.3, -0.25) is 14.7 Å². The normalized spacial score (nSPS) is 26.6. The van der Waals surface area contributed by atoms with Crippen LogP contribution in [0.25, 0.3) is 0 Å². The van der Waals surface area contributed by atoms with Crippen LogP contribution in [0.4, 0.5) is 13.2 Å². The summed E-state index contributed by atoms with van der Waals surface area (Å²) in [6, 6.07) is 0.968. The molecule has 2 aromatic rings. The second-order valence-electron chi connectivity index (χ2n) is 9.63. The molecule has 202 valence electrons. The predicted octanol–water partition coefficient (Wildman–Crippen LogP) is 4.42. The van der Waals surface area contributed by atoms with Crippen LogP contribution < -0.4 is 5.32 Å². The second kappa shape index (κ2) is 10.3. The molecule has 0 spiro atoms. The summed E-state index contributed by atoms with van der Waals surface area (Å²) in [5.41, 5.74) is 0.707. The maximum atomic E-state index is 15.1. The van der Waals surface area contributed by atoms with Crippen molar-refractivity contribution in [3.63, 3.8) is 0 Å². The lowest BCUT2D eigenvalue weighted by Gasteiger charge is -2.40. The molecule has 0 radical (unpaired) electrons. The standard InChI is InChI=1S/C25H24ClF3N4O4S/c1-37-24(36)20-17(11-33-14-6-12(8-19(34)35)7-18(33)25(28,29)10-14)31-22(23-30-4-5-38-23)32-21(20)15-3-2-13(27)9-16(15)26/h2-5,9,12,14,18,21H,6-8,10-11H2,1H3,(H,31,32)(H,34,35). The monoisotopic (exact) mass is 568 g/mol. The number of aliphatic imine (C=N–C) groups is 1. The minimum absolute atomic E-state index is 0.0251. The molecule has 1 aromatic heterocycles. The zero-order chi connectivity index (χ0) is 27.2.